The molecule has 5 nitrogen and oxygen atoms in total. The van der Waals surface area contributed by atoms with E-state index in [4.69, 9.17) is 5.73 Å². The number of hydrogen-bond donors (Lipinski definition) is 2. The van der Waals surface area contributed by atoms with Crippen LogP contribution in [0.2, 0.25) is 0 Å². The van der Waals surface area contributed by atoms with Crippen LogP contribution in [0.5, 0.6) is 0 Å². The lowest BCUT2D eigenvalue weighted by Crippen LogP contribution is -2.33. The number of aliphatic carboxylic acids is 1. The van der Waals surface area contributed by atoms with Gasteiger partial charge in [0, 0.05) is 17.4 Å². The number of fused-ring (bicyclic) bond motifs is 1. The second kappa shape index (κ2) is 9.82. The van der Waals surface area contributed by atoms with Crippen LogP contribution in [-0.2, 0) is 16.0 Å². The number of carboxylic acid groups (broad SMARTS) is 1. The van der Waals surface area contributed by atoms with Gasteiger partial charge in [-0.1, -0.05) is 78.9 Å². The number of carbonyl (C=O) groups excluding carboxylic acids is 2. The predicted molar refractivity (Wildman–Crippen MR) is 126 cm³/mol. The molecule has 5 heteroatoms. The molecule has 33 heavy (non-hydrogen) atoms. The van der Waals surface area contributed by atoms with E-state index in [0.29, 0.717) is 12.8 Å². The van der Waals surface area contributed by atoms with Gasteiger partial charge in [-0.15, -0.1) is 0 Å². The Hall–Kier alpha value is -3.73. The maximum atomic E-state index is 12.8. The van der Waals surface area contributed by atoms with Crippen molar-refractivity contribution in [2.24, 2.45) is 11.7 Å². The summed E-state index contributed by atoms with van der Waals surface area (Å²) in [7, 11) is 0. The molecule has 0 aromatic heterocycles. The maximum absolute atomic E-state index is 12.8. The molecule has 0 saturated heterocycles. The molecule has 3 aromatic rings. The molecule has 3 aromatic carbocycles. The Balaban J connectivity index is 1.74. The lowest BCUT2D eigenvalue weighted by molar-refractivity contribution is -0.131. The summed E-state index contributed by atoms with van der Waals surface area (Å²) in [6.07, 6.45) is 2.69. The zero-order valence-electron chi connectivity index (χ0n) is 18.3. The number of nitrogens with two attached hydrogens (primary N) is 1. The van der Waals surface area contributed by atoms with E-state index in [2.05, 4.69) is 24.3 Å². The summed E-state index contributed by atoms with van der Waals surface area (Å²) >= 11 is 0. The quantitative estimate of drug-likeness (QED) is 0.391. The molecule has 0 fully saturated rings. The van der Waals surface area contributed by atoms with E-state index in [1.54, 1.807) is 12.1 Å². The molecule has 0 aliphatic heterocycles. The van der Waals surface area contributed by atoms with Crippen molar-refractivity contribution >= 4 is 17.7 Å². The Kier molecular flexibility index (Phi) is 6.68. The van der Waals surface area contributed by atoms with E-state index in [1.165, 1.54) is 0 Å². The third kappa shape index (κ3) is 4.72. The Morgan fingerprint density at radius 3 is 2.03 bits per heavy atom. The van der Waals surface area contributed by atoms with Crippen LogP contribution in [0.1, 0.15) is 63.7 Å². The molecule has 2 atom stereocenters. The van der Waals surface area contributed by atoms with Crippen LogP contribution in [0.25, 0.3) is 0 Å². The average molecular weight is 442 g/mol. The molecule has 1 amide bonds. The van der Waals surface area contributed by atoms with Crippen molar-refractivity contribution in [2.75, 3.05) is 0 Å². The van der Waals surface area contributed by atoms with Gasteiger partial charge >= 0.3 is 5.97 Å². The van der Waals surface area contributed by atoms with Crippen molar-refractivity contribution in [3.8, 4) is 0 Å². The number of carboxylic acids is 1. The van der Waals surface area contributed by atoms with Gasteiger partial charge in [0.05, 0.1) is 0 Å². The Labute approximate surface area is 193 Å². The molecule has 1 aliphatic rings. The molecule has 0 bridgehead atoms. The van der Waals surface area contributed by atoms with Crippen LogP contribution in [0.15, 0.2) is 78.9 Å². The van der Waals surface area contributed by atoms with E-state index in [-0.39, 0.29) is 23.3 Å². The Morgan fingerprint density at radius 1 is 0.879 bits per heavy atom. The first-order valence-electron chi connectivity index (χ1n) is 11.3. The van der Waals surface area contributed by atoms with E-state index in [9.17, 15) is 19.5 Å². The minimum atomic E-state index is -1.47. The van der Waals surface area contributed by atoms with Crippen molar-refractivity contribution in [1.82, 2.24) is 0 Å². The first-order chi connectivity index (χ1) is 16.0. The molecular weight excluding hydrogens is 414 g/mol. The third-order valence-corrected chi connectivity index (χ3v) is 6.74. The van der Waals surface area contributed by atoms with Gasteiger partial charge in [-0.3, -0.25) is 9.59 Å². The van der Waals surface area contributed by atoms with Gasteiger partial charge in [0.2, 0.25) is 5.91 Å². The van der Waals surface area contributed by atoms with Gasteiger partial charge in [0.15, 0.2) is 0 Å². The predicted octanol–water partition coefficient (Wildman–Crippen LogP) is 4.70. The fourth-order valence-corrected chi connectivity index (χ4v) is 5.20. The van der Waals surface area contributed by atoms with Gasteiger partial charge in [0.25, 0.3) is 5.78 Å². The van der Waals surface area contributed by atoms with Crippen LogP contribution >= 0.6 is 0 Å². The van der Waals surface area contributed by atoms with Gasteiger partial charge in [-0.25, -0.2) is 4.79 Å². The summed E-state index contributed by atoms with van der Waals surface area (Å²) < 4.78 is 0. The zero-order chi connectivity index (χ0) is 23.4. The molecule has 0 saturated carbocycles. The van der Waals surface area contributed by atoms with Gasteiger partial charge < -0.3 is 10.8 Å². The zero-order valence-corrected chi connectivity index (χ0v) is 18.3. The molecule has 4 rings (SSSR count). The van der Waals surface area contributed by atoms with E-state index < -0.39 is 17.7 Å². The van der Waals surface area contributed by atoms with Crippen molar-refractivity contribution in [3.63, 3.8) is 0 Å². The van der Waals surface area contributed by atoms with E-state index in [0.717, 1.165) is 35.1 Å². The monoisotopic (exact) mass is 441 g/mol. The summed E-state index contributed by atoms with van der Waals surface area (Å²) in [5, 5.41) is 9.25. The van der Waals surface area contributed by atoms with Gasteiger partial charge in [0.1, 0.15) is 0 Å². The standard InChI is InChI=1S/C28H27NO4/c29-27(31)25(17-24(18-9-3-1-4-10-18)19-11-5-2-6-12-19)22-15-7-14-21-20(22)13-8-16-23(21)26(30)28(32)33/h1-6,8-13,16,22,24-25H,7,14-15,17H2,(H2,29,31)(H,32,33). The molecule has 3 N–H and O–H groups in total. The SMILES string of the molecule is NC(=O)C(CC(c1ccccc1)c1ccccc1)C1CCCc2c(C(=O)C(=O)O)cccc21. The van der Waals surface area contributed by atoms with Gasteiger partial charge in [-0.2, -0.15) is 0 Å². The summed E-state index contributed by atoms with van der Waals surface area (Å²) in [5.41, 5.74) is 10.0. The van der Waals surface area contributed by atoms with Crippen molar-refractivity contribution in [2.45, 2.75) is 37.5 Å². The van der Waals surface area contributed by atoms with Crippen LogP contribution in [0.4, 0.5) is 0 Å². The van der Waals surface area contributed by atoms with Crippen LogP contribution in [0.3, 0.4) is 0 Å². The lowest BCUT2D eigenvalue weighted by Gasteiger charge is -2.34. The number of Topliss-reactive ketones (excluding diaryl/α,β-unsaturated/α-hetero) is 1. The Morgan fingerprint density at radius 2 is 1.48 bits per heavy atom. The number of hydrogen-bond acceptors (Lipinski definition) is 3. The number of amides is 1. The number of benzene rings is 3. The molecule has 0 spiro atoms. The minimum Gasteiger partial charge on any atom is -0.475 e. The fraction of sp³-hybridized carbons (Fsp3) is 0.250. The van der Waals surface area contributed by atoms with Crippen LogP contribution in [0, 0.1) is 5.92 Å². The number of rotatable bonds is 8. The van der Waals surface area contributed by atoms with E-state index >= 15 is 0 Å². The molecular formula is C28H27NO4. The minimum absolute atomic E-state index is 0.0147. The number of primary amides is 1. The fourth-order valence-electron chi connectivity index (χ4n) is 5.20. The third-order valence-electron chi connectivity index (χ3n) is 6.74. The second-order valence-electron chi connectivity index (χ2n) is 8.62. The highest BCUT2D eigenvalue weighted by Crippen LogP contribution is 2.43. The number of carbonyl (C=O) groups is 3. The largest absolute Gasteiger partial charge is 0.475 e. The first kappa shape index (κ1) is 22.5. The molecule has 168 valence electrons. The van der Waals surface area contributed by atoms with Gasteiger partial charge in [-0.05, 0) is 53.9 Å². The molecule has 0 radical (unpaired) electrons. The number of ketones is 1. The normalized spacial score (nSPS) is 16.1. The second-order valence-corrected chi connectivity index (χ2v) is 8.62. The van der Waals surface area contributed by atoms with Crippen LogP contribution in [-0.4, -0.2) is 22.8 Å². The summed E-state index contributed by atoms with van der Waals surface area (Å²) in [6.45, 7) is 0. The molecule has 1 aliphatic carbocycles. The molecule has 2 unspecified atom stereocenters. The van der Waals surface area contributed by atoms with Crippen molar-refractivity contribution in [1.29, 1.82) is 0 Å². The van der Waals surface area contributed by atoms with Crippen LogP contribution < -0.4 is 5.73 Å². The smallest absolute Gasteiger partial charge is 0.377 e. The topological polar surface area (TPSA) is 97.5 Å². The molecule has 0 heterocycles. The highest BCUT2D eigenvalue weighted by Gasteiger charge is 2.35. The highest BCUT2D eigenvalue weighted by atomic mass is 16.4. The average Bonchev–Trinajstić information content (AvgIpc) is 2.84. The summed E-state index contributed by atoms with van der Waals surface area (Å²) in [6, 6.07) is 25.3. The highest BCUT2D eigenvalue weighted by molar-refractivity contribution is 6.40. The first-order valence-corrected chi connectivity index (χ1v) is 11.3. The Bertz CT molecular complexity index is 1120. The lowest BCUT2D eigenvalue weighted by atomic mass is 9.70. The summed E-state index contributed by atoms with van der Waals surface area (Å²) in [4.78, 5) is 36.4. The van der Waals surface area contributed by atoms with Crippen molar-refractivity contribution < 1.29 is 19.5 Å². The van der Waals surface area contributed by atoms with E-state index in [1.807, 2.05) is 42.5 Å². The summed E-state index contributed by atoms with van der Waals surface area (Å²) in [5.74, 6) is -3.38. The maximum Gasteiger partial charge on any atom is 0.377 e. The van der Waals surface area contributed by atoms with Crippen molar-refractivity contribution in [3.05, 3.63) is 107 Å².